The quantitative estimate of drug-likeness (QED) is 0.636. The summed E-state index contributed by atoms with van der Waals surface area (Å²) in [7, 11) is 0. The number of aromatic amines is 1. The molecule has 0 aliphatic carbocycles. The van der Waals surface area contributed by atoms with Gasteiger partial charge in [0.1, 0.15) is 11.6 Å². The minimum Gasteiger partial charge on any atom is -0.424 e. The summed E-state index contributed by atoms with van der Waals surface area (Å²) >= 11 is 3.23. The van der Waals surface area contributed by atoms with Gasteiger partial charge >= 0.3 is 5.97 Å². The average Bonchev–Trinajstić information content (AvgIpc) is 2.87. The minimum absolute atomic E-state index is 0.187. The standard InChI is InChI=1S/C17H12BrF2NO2/c1-2-14(22)23-17-12-7-10(18)8-13(20)16(12)21-15(17)9-3-5-11(19)6-4-9/h3-8,21H,2H2,1H3. The SMILES string of the molecule is CCC(=O)Oc1c(-c2ccc(F)cc2)[nH]c2c(F)cc(Br)cc12. The highest BCUT2D eigenvalue weighted by atomic mass is 79.9. The summed E-state index contributed by atoms with van der Waals surface area (Å²) in [5.41, 5.74) is 1.25. The van der Waals surface area contributed by atoms with Crippen LogP contribution in [-0.4, -0.2) is 11.0 Å². The number of carbonyl (C=O) groups is 1. The molecule has 0 unspecified atom stereocenters. The van der Waals surface area contributed by atoms with E-state index in [1.165, 1.54) is 30.3 Å². The largest absolute Gasteiger partial charge is 0.424 e. The number of fused-ring (bicyclic) bond motifs is 1. The van der Waals surface area contributed by atoms with Crippen LogP contribution in [0, 0.1) is 11.6 Å². The Balaban J connectivity index is 2.26. The van der Waals surface area contributed by atoms with Crippen molar-refractivity contribution in [3.63, 3.8) is 0 Å². The van der Waals surface area contributed by atoms with E-state index < -0.39 is 11.8 Å². The van der Waals surface area contributed by atoms with Gasteiger partial charge in [-0.05, 0) is 36.4 Å². The lowest BCUT2D eigenvalue weighted by Crippen LogP contribution is -2.06. The summed E-state index contributed by atoms with van der Waals surface area (Å²) < 4.78 is 33.2. The number of hydrogen-bond acceptors (Lipinski definition) is 2. The van der Waals surface area contributed by atoms with Gasteiger partial charge in [-0.3, -0.25) is 4.79 Å². The number of aromatic nitrogens is 1. The van der Waals surface area contributed by atoms with Gasteiger partial charge < -0.3 is 9.72 Å². The van der Waals surface area contributed by atoms with Gasteiger partial charge in [-0.25, -0.2) is 8.78 Å². The van der Waals surface area contributed by atoms with Crippen molar-refractivity contribution >= 4 is 32.8 Å². The maximum atomic E-state index is 14.2. The molecule has 0 saturated heterocycles. The predicted molar refractivity (Wildman–Crippen MR) is 87.3 cm³/mol. The van der Waals surface area contributed by atoms with Crippen LogP contribution in [0.3, 0.4) is 0 Å². The van der Waals surface area contributed by atoms with Crippen LogP contribution in [0.2, 0.25) is 0 Å². The van der Waals surface area contributed by atoms with Crippen molar-refractivity contribution in [2.24, 2.45) is 0 Å². The van der Waals surface area contributed by atoms with Crippen molar-refractivity contribution in [1.29, 1.82) is 0 Å². The van der Waals surface area contributed by atoms with Crippen molar-refractivity contribution in [2.75, 3.05) is 0 Å². The highest BCUT2D eigenvalue weighted by Crippen LogP contribution is 2.39. The first-order valence-electron chi connectivity index (χ1n) is 6.97. The fraction of sp³-hybridized carbons (Fsp3) is 0.118. The number of ether oxygens (including phenoxy) is 1. The molecule has 0 spiro atoms. The molecule has 0 radical (unpaired) electrons. The summed E-state index contributed by atoms with van der Waals surface area (Å²) in [5.74, 6) is -1.06. The molecule has 118 valence electrons. The van der Waals surface area contributed by atoms with E-state index in [1.807, 2.05) is 0 Å². The van der Waals surface area contributed by atoms with Crippen LogP contribution in [0.15, 0.2) is 40.9 Å². The molecule has 0 saturated carbocycles. The highest BCUT2D eigenvalue weighted by molar-refractivity contribution is 9.10. The van der Waals surface area contributed by atoms with E-state index in [4.69, 9.17) is 4.74 Å². The molecule has 0 fully saturated rings. The van der Waals surface area contributed by atoms with Crippen molar-refractivity contribution < 1.29 is 18.3 Å². The van der Waals surface area contributed by atoms with E-state index in [0.717, 1.165) is 0 Å². The highest BCUT2D eigenvalue weighted by Gasteiger charge is 2.20. The number of H-pyrrole nitrogens is 1. The molecule has 3 rings (SSSR count). The normalized spacial score (nSPS) is 11.0. The van der Waals surface area contributed by atoms with Gasteiger partial charge in [0.25, 0.3) is 0 Å². The van der Waals surface area contributed by atoms with Crippen LogP contribution in [0.1, 0.15) is 13.3 Å². The molecule has 3 nitrogen and oxygen atoms in total. The molecular weight excluding hydrogens is 368 g/mol. The van der Waals surface area contributed by atoms with E-state index in [2.05, 4.69) is 20.9 Å². The lowest BCUT2D eigenvalue weighted by molar-refractivity contribution is -0.133. The molecule has 1 heterocycles. The van der Waals surface area contributed by atoms with Crippen LogP contribution in [-0.2, 0) is 4.79 Å². The van der Waals surface area contributed by atoms with Crippen molar-refractivity contribution in [3.8, 4) is 17.0 Å². The van der Waals surface area contributed by atoms with Gasteiger partial charge in [0.15, 0.2) is 5.75 Å². The second-order valence-corrected chi connectivity index (χ2v) is 5.89. The number of esters is 1. The van der Waals surface area contributed by atoms with Crippen molar-refractivity contribution in [1.82, 2.24) is 4.98 Å². The molecule has 6 heteroatoms. The summed E-state index contributed by atoms with van der Waals surface area (Å²) in [6, 6.07) is 8.64. The Bertz CT molecular complexity index is 888. The molecule has 0 amide bonds. The van der Waals surface area contributed by atoms with Gasteiger partial charge in [0, 0.05) is 21.8 Å². The van der Waals surface area contributed by atoms with Crippen LogP contribution in [0.4, 0.5) is 8.78 Å². The van der Waals surface area contributed by atoms with E-state index in [0.29, 0.717) is 21.1 Å². The minimum atomic E-state index is -0.475. The molecule has 0 aliphatic heterocycles. The Morgan fingerprint density at radius 3 is 2.57 bits per heavy atom. The zero-order valence-electron chi connectivity index (χ0n) is 12.1. The van der Waals surface area contributed by atoms with Gasteiger partial charge in [0.05, 0.1) is 11.2 Å². The zero-order chi connectivity index (χ0) is 16.6. The second kappa shape index (κ2) is 6.12. The summed E-state index contributed by atoms with van der Waals surface area (Å²) in [4.78, 5) is 14.7. The van der Waals surface area contributed by atoms with Gasteiger partial charge in [-0.2, -0.15) is 0 Å². The summed E-state index contributed by atoms with van der Waals surface area (Å²) in [6.07, 6.45) is 0.187. The first-order valence-corrected chi connectivity index (χ1v) is 7.76. The van der Waals surface area contributed by atoms with Crippen LogP contribution in [0.25, 0.3) is 22.2 Å². The Morgan fingerprint density at radius 2 is 1.91 bits per heavy atom. The smallest absolute Gasteiger partial charge is 0.310 e. The molecule has 0 atom stereocenters. The second-order valence-electron chi connectivity index (χ2n) is 4.97. The number of nitrogens with one attached hydrogen (secondary N) is 1. The van der Waals surface area contributed by atoms with Crippen LogP contribution in [0.5, 0.6) is 5.75 Å². The van der Waals surface area contributed by atoms with E-state index in [1.54, 1.807) is 13.0 Å². The molecule has 1 N–H and O–H groups in total. The third-order valence-corrected chi connectivity index (χ3v) is 3.87. The number of carbonyl (C=O) groups excluding carboxylic acids is 1. The fourth-order valence-electron chi connectivity index (χ4n) is 2.31. The number of rotatable bonds is 3. The van der Waals surface area contributed by atoms with Crippen LogP contribution >= 0.6 is 15.9 Å². The predicted octanol–water partition coefficient (Wildman–Crippen LogP) is 5.19. The van der Waals surface area contributed by atoms with Crippen molar-refractivity contribution in [3.05, 3.63) is 52.5 Å². The molecule has 1 aromatic heterocycles. The Labute approximate surface area is 139 Å². The molecule has 23 heavy (non-hydrogen) atoms. The maximum absolute atomic E-state index is 14.2. The number of halogens is 3. The molecule has 0 aliphatic rings. The number of benzene rings is 2. The van der Waals surface area contributed by atoms with Gasteiger partial charge in [-0.1, -0.05) is 22.9 Å². The number of hydrogen-bond donors (Lipinski definition) is 1. The lowest BCUT2D eigenvalue weighted by atomic mass is 10.1. The Morgan fingerprint density at radius 1 is 1.22 bits per heavy atom. The average molecular weight is 380 g/mol. The molecule has 3 aromatic rings. The van der Waals surface area contributed by atoms with Crippen molar-refractivity contribution in [2.45, 2.75) is 13.3 Å². The van der Waals surface area contributed by atoms with E-state index >= 15 is 0 Å². The third kappa shape index (κ3) is 2.99. The van der Waals surface area contributed by atoms with E-state index in [-0.39, 0.29) is 23.5 Å². The fourth-order valence-corrected chi connectivity index (χ4v) is 2.74. The summed E-state index contributed by atoms with van der Waals surface area (Å²) in [5, 5.41) is 0.443. The zero-order valence-corrected chi connectivity index (χ0v) is 13.7. The summed E-state index contributed by atoms with van der Waals surface area (Å²) in [6.45, 7) is 1.67. The molecule has 0 bridgehead atoms. The monoisotopic (exact) mass is 379 g/mol. The van der Waals surface area contributed by atoms with E-state index in [9.17, 15) is 13.6 Å². The first-order chi connectivity index (χ1) is 11.0. The molecular formula is C17H12BrF2NO2. The maximum Gasteiger partial charge on any atom is 0.310 e. The third-order valence-electron chi connectivity index (χ3n) is 3.41. The lowest BCUT2D eigenvalue weighted by Gasteiger charge is -2.06. The Kier molecular flexibility index (Phi) is 4.17. The first kappa shape index (κ1) is 15.7. The molecule has 2 aromatic carbocycles. The Hall–Kier alpha value is -2.21. The van der Waals surface area contributed by atoms with Gasteiger partial charge in [-0.15, -0.1) is 0 Å². The van der Waals surface area contributed by atoms with Crippen LogP contribution < -0.4 is 4.74 Å². The topological polar surface area (TPSA) is 42.1 Å². The van der Waals surface area contributed by atoms with Gasteiger partial charge in [0.2, 0.25) is 0 Å².